The molecule has 0 spiro atoms. The Kier molecular flexibility index (Phi) is 4.58. The van der Waals surface area contributed by atoms with Gasteiger partial charge in [-0.15, -0.1) is 0 Å². The zero-order valence-corrected chi connectivity index (χ0v) is 16.3. The van der Waals surface area contributed by atoms with Crippen LogP contribution in [-0.4, -0.2) is 13.0 Å². The van der Waals surface area contributed by atoms with Gasteiger partial charge in [-0.2, -0.15) is 0 Å². The van der Waals surface area contributed by atoms with Crippen molar-refractivity contribution in [1.82, 2.24) is 0 Å². The number of ether oxygens (including phenoxy) is 1. The lowest BCUT2D eigenvalue weighted by molar-refractivity contribution is -0.105. The van der Waals surface area contributed by atoms with Crippen molar-refractivity contribution in [1.29, 1.82) is 0 Å². The van der Waals surface area contributed by atoms with Crippen LogP contribution in [0.2, 0.25) is 0 Å². The smallest absolute Gasteiger partial charge is 0.211 e. The molecular formula is C23H31NO2. The summed E-state index contributed by atoms with van der Waals surface area (Å²) in [6, 6.07) is 4.39. The zero-order valence-electron chi connectivity index (χ0n) is 16.3. The van der Waals surface area contributed by atoms with Gasteiger partial charge in [-0.3, -0.25) is 4.79 Å². The number of rotatable bonds is 4. The van der Waals surface area contributed by atoms with Crippen LogP contribution in [0.3, 0.4) is 0 Å². The summed E-state index contributed by atoms with van der Waals surface area (Å²) in [5.41, 5.74) is 5.84. The van der Waals surface area contributed by atoms with Crippen molar-refractivity contribution in [2.45, 2.75) is 65.2 Å². The average molecular weight is 354 g/mol. The van der Waals surface area contributed by atoms with E-state index < -0.39 is 0 Å². The van der Waals surface area contributed by atoms with E-state index in [-0.39, 0.29) is 0 Å². The number of benzene rings is 1. The third kappa shape index (κ3) is 2.59. The Morgan fingerprint density at radius 2 is 2.12 bits per heavy atom. The summed E-state index contributed by atoms with van der Waals surface area (Å²) in [4.78, 5) is 11.0. The van der Waals surface area contributed by atoms with Crippen molar-refractivity contribution < 1.29 is 9.53 Å². The van der Waals surface area contributed by atoms with E-state index in [9.17, 15) is 4.79 Å². The van der Waals surface area contributed by atoms with Crippen LogP contribution < -0.4 is 10.1 Å². The molecule has 3 heteroatoms. The fraction of sp³-hybridized carbons (Fsp3) is 0.609. The molecule has 1 aromatic rings. The predicted octanol–water partition coefficient (Wildman–Crippen LogP) is 5.46. The van der Waals surface area contributed by atoms with E-state index in [2.05, 4.69) is 37.4 Å². The summed E-state index contributed by atoms with van der Waals surface area (Å²) in [6.45, 7) is 7.36. The molecule has 0 heterocycles. The van der Waals surface area contributed by atoms with Crippen LogP contribution in [0, 0.1) is 17.3 Å². The number of fused-ring (bicyclic) bond motifs is 5. The first-order chi connectivity index (χ1) is 12.6. The second-order valence-electron chi connectivity index (χ2n) is 8.47. The second kappa shape index (κ2) is 6.75. The van der Waals surface area contributed by atoms with Crippen LogP contribution in [0.25, 0.3) is 0 Å². The molecule has 0 saturated heterocycles. The molecule has 3 aliphatic carbocycles. The van der Waals surface area contributed by atoms with Gasteiger partial charge in [0.05, 0.1) is 12.3 Å². The number of carbonyl (C=O) groups excluding carboxylic acids is 1. The van der Waals surface area contributed by atoms with Crippen LogP contribution in [0.15, 0.2) is 23.8 Å². The zero-order chi connectivity index (χ0) is 18.3. The van der Waals surface area contributed by atoms with Crippen LogP contribution in [-0.2, 0) is 11.2 Å². The Balaban J connectivity index is 1.70. The maximum absolute atomic E-state index is 11.0. The highest BCUT2D eigenvalue weighted by molar-refractivity contribution is 5.76. The first kappa shape index (κ1) is 17.6. The maximum atomic E-state index is 11.0. The fourth-order valence-corrected chi connectivity index (χ4v) is 6.37. The predicted molar refractivity (Wildman–Crippen MR) is 106 cm³/mol. The van der Waals surface area contributed by atoms with Crippen molar-refractivity contribution in [3.05, 3.63) is 34.9 Å². The molecule has 1 aromatic carbocycles. The second-order valence-corrected chi connectivity index (χ2v) is 8.47. The Morgan fingerprint density at radius 1 is 1.27 bits per heavy atom. The summed E-state index contributed by atoms with van der Waals surface area (Å²) in [6.07, 6.45) is 10.8. The molecule has 3 nitrogen and oxygen atoms in total. The molecule has 0 bridgehead atoms. The van der Waals surface area contributed by atoms with Crippen molar-refractivity contribution >= 4 is 12.1 Å². The lowest BCUT2D eigenvalue weighted by atomic mass is 9.55. The van der Waals surface area contributed by atoms with Crippen molar-refractivity contribution in [3.63, 3.8) is 0 Å². The minimum Gasteiger partial charge on any atom is -0.492 e. The van der Waals surface area contributed by atoms with Gasteiger partial charge in [-0.05, 0) is 98.8 Å². The van der Waals surface area contributed by atoms with Gasteiger partial charge in [0.2, 0.25) is 6.41 Å². The summed E-state index contributed by atoms with van der Waals surface area (Å²) in [5.74, 6) is 3.09. The summed E-state index contributed by atoms with van der Waals surface area (Å²) < 4.78 is 5.85. The van der Waals surface area contributed by atoms with E-state index in [0.717, 1.165) is 36.1 Å². The molecule has 0 radical (unpaired) electrons. The van der Waals surface area contributed by atoms with Gasteiger partial charge in [0, 0.05) is 0 Å². The largest absolute Gasteiger partial charge is 0.492 e. The molecule has 4 atom stereocenters. The standard InChI is InChI=1S/C23H31NO2/c1-4-16-7-9-20-18-8-6-15-12-21(24-14-25)22(26-5-2)13-19(15)17(18)10-11-23(16,20)3/h4,12-14,17-18,20H,5-11H2,1-3H3,(H,24,25)/b16-4+/t17?,18?,20?,23-/m1/s1. The number of carbonyl (C=O) groups is 1. The van der Waals surface area contributed by atoms with Crippen LogP contribution in [0.1, 0.15) is 69.9 Å². The molecule has 2 fully saturated rings. The molecule has 2 saturated carbocycles. The monoisotopic (exact) mass is 353 g/mol. The molecule has 0 aliphatic heterocycles. The van der Waals surface area contributed by atoms with E-state index in [1.54, 1.807) is 5.57 Å². The summed E-state index contributed by atoms with van der Waals surface area (Å²) in [7, 11) is 0. The quantitative estimate of drug-likeness (QED) is 0.577. The third-order valence-corrected chi connectivity index (χ3v) is 7.54. The number of aryl methyl sites for hydroxylation is 1. The SMILES string of the molecule is C/C=C1\CCC2C3CCc4cc(NC=O)c(OCC)cc4C3CC[C@]12C. The Morgan fingerprint density at radius 3 is 2.85 bits per heavy atom. The first-order valence-electron chi connectivity index (χ1n) is 10.3. The molecule has 3 aliphatic rings. The lowest BCUT2D eigenvalue weighted by Gasteiger charge is -2.49. The fourth-order valence-electron chi connectivity index (χ4n) is 6.37. The molecule has 3 unspecified atom stereocenters. The average Bonchev–Trinajstić information content (AvgIpc) is 2.99. The third-order valence-electron chi connectivity index (χ3n) is 7.54. The van der Waals surface area contributed by atoms with Crippen LogP contribution in [0.4, 0.5) is 5.69 Å². The van der Waals surface area contributed by atoms with Gasteiger partial charge in [-0.25, -0.2) is 0 Å². The normalized spacial score (nSPS) is 34.0. The summed E-state index contributed by atoms with van der Waals surface area (Å²) in [5, 5.41) is 2.83. The number of hydrogen-bond acceptors (Lipinski definition) is 2. The van der Waals surface area contributed by atoms with Gasteiger partial charge in [0.1, 0.15) is 5.75 Å². The van der Waals surface area contributed by atoms with Crippen molar-refractivity contribution in [3.8, 4) is 5.75 Å². The number of anilines is 1. The minimum atomic E-state index is 0.426. The van der Waals surface area contributed by atoms with Crippen molar-refractivity contribution in [2.24, 2.45) is 17.3 Å². The van der Waals surface area contributed by atoms with E-state index >= 15 is 0 Å². The van der Waals surface area contributed by atoms with Gasteiger partial charge in [0.15, 0.2) is 0 Å². The highest BCUT2D eigenvalue weighted by Gasteiger charge is 2.52. The highest BCUT2D eigenvalue weighted by Crippen LogP contribution is 2.63. The van der Waals surface area contributed by atoms with Crippen LogP contribution in [0.5, 0.6) is 5.75 Å². The van der Waals surface area contributed by atoms with Gasteiger partial charge < -0.3 is 10.1 Å². The van der Waals surface area contributed by atoms with Gasteiger partial charge >= 0.3 is 0 Å². The lowest BCUT2D eigenvalue weighted by Crippen LogP contribution is -2.40. The Labute approximate surface area is 157 Å². The molecule has 0 aromatic heterocycles. The Bertz CT molecular complexity index is 738. The van der Waals surface area contributed by atoms with Crippen molar-refractivity contribution in [2.75, 3.05) is 11.9 Å². The molecule has 1 amide bonds. The number of allylic oxidation sites excluding steroid dienone is 2. The minimum absolute atomic E-state index is 0.426. The molecular weight excluding hydrogens is 322 g/mol. The molecule has 26 heavy (non-hydrogen) atoms. The van der Waals surface area contributed by atoms with E-state index in [1.165, 1.54) is 43.2 Å². The maximum Gasteiger partial charge on any atom is 0.211 e. The summed E-state index contributed by atoms with van der Waals surface area (Å²) >= 11 is 0. The first-order valence-corrected chi connectivity index (χ1v) is 10.3. The number of amides is 1. The number of hydrogen-bond donors (Lipinski definition) is 1. The van der Waals surface area contributed by atoms with E-state index in [1.807, 2.05) is 6.92 Å². The molecule has 1 N–H and O–H groups in total. The van der Waals surface area contributed by atoms with Gasteiger partial charge in [-0.1, -0.05) is 18.6 Å². The van der Waals surface area contributed by atoms with E-state index in [4.69, 9.17) is 4.74 Å². The molecule has 140 valence electrons. The number of nitrogens with one attached hydrogen (secondary N) is 1. The Hall–Kier alpha value is -1.77. The highest BCUT2D eigenvalue weighted by atomic mass is 16.5. The molecule has 4 rings (SSSR count). The topological polar surface area (TPSA) is 38.3 Å². The van der Waals surface area contributed by atoms with Gasteiger partial charge in [0.25, 0.3) is 0 Å². The van der Waals surface area contributed by atoms with E-state index in [0.29, 0.717) is 17.9 Å². The van der Waals surface area contributed by atoms with Crippen LogP contribution >= 0.6 is 0 Å².